The molecule has 2 N–H and O–H groups in total. The van der Waals surface area contributed by atoms with Gasteiger partial charge in [0.15, 0.2) is 0 Å². The van der Waals surface area contributed by atoms with Gasteiger partial charge in [0, 0.05) is 44.7 Å². The molecule has 0 radical (unpaired) electrons. The Morgan fingerprint density at radius 2 is 1.85 bits per heavy atom. The third-order valence-electron chi connectivity index (χ3n) is 4.03. The Balaban J connectivity index is 2.17. The van der Waals surface area contributed by atoms with Crippen molar-refractivity contribution in [3.63, 3.8) is 0 Å². The zero-order valence-corrected chi connectivity index (χ0v) is 14.5. The molecule has 1 aliphatic rings. The third-order valence-corrected chi connectivity index (χ3v) is 5.29. The van der Waals surface area contributed by atoms with Crippen LogP contribution in [0.3, 0.4) is 0 Å². The summed E-state index contributed by atoms with van der Waals surface area (Å²) in [5, 5.41) is 2.15. The standard InChI is InChI=1S/C15H17Br2N3/c1-9-4-6-20(7-5-9)15-14-10(16)2-3-12(18)13(14)11(17)8-19-15/h2-3,8-9H,4-7,18H2,1H3. The first kappa shape index (κ1) is 14.1. The van der Waals surface area contributed by atoms with E-state index in [1.807, 2.05) is 18.3 Å². The molecule has 1 aromatic heterocycles. The minimum atomic E-state index is 0.782. The Bertz CT molecular complexity index is 641. The lowest BCUT2D eigenvalue weighted by Gasteiger charge is -2.32. The highest BCUT2D eigenvalue weighted by atomic mass is 79.9. The molecule has 1 fully saturated rings. The van der Waals surface area contributed by atoms with Gasteiger partial charge in [0.05, 0.1) is 0 Å². The summed E-state index contributed by atoms with van der Waals surface area (Å²) in [5.41, 5.74) is 6.93. The van der Waals surface area contributed by atoms with Crippen LogP contribution in [-0.4, -0.2) is 18.1 Å². The van der Waals surface area contributed by atoms with Gasteiger partial charge >= 0.3 is 0 Å². The molecule has 5 heteroatoms. The molecular weight excluding hydrogens is 382 g/mol. The summed E-state index contributed by atoms with van der Waals surface area (Å²) in [6, 6.07) is 3.93. The first-order chi connectivity index (χ1) is 9.58. The van der Waals surface area contributed by atoms with Crippen molar-refractivity contribution in [2.24, 2.45) is 5.92 Å². The van der Waals surface area contributed by atoms with Crippen LogP contribution in [0.5, 0.6) is 0 Å². The minimum absolute atomic E-state index is 0.782. The van der Waals surface area contributed by atoms with Gasteiger partial charge in [-0.2, -0.15) is 0 Å². The summed E-state index contributed by atoms with van der Waals surface area (Å²) in [7, 11) is 0. The predicted molar refractivity (Wildman–Crippen MR) is 92.2 cm³/mol. The normalized spacial score (nSPS) is 16.9. The number of hydrogen-bond acceptors (Lipinski definition) is 3. The van der Waals surface area contributed by atoms with Gasteiger partial charge in [-0.15, -0.1) is 0 Å². The number of piperidine rings is 1. The molecule has 0 spiro atoms. The predicted octanol–water partition coefficient (Wildman–Crippen LogP) is 4.58. The van der Waals surface area contributed by atoms with Crippen molar-refractivity contribution < 1.29 is 0 Å². The highest BCUT2D eigenvalue weighted by Crippen LogP contribution is 2.39. The van der Waals surface area contributed by atoms with Gasteiger partial charge in [0.25, 0.3) is 0 Å². The smallest absolute Gasteiger partial charge is 0.137 e. The second-order valence-corrected chi connectivity index (χ2v) is 7.19. The van der Waals surface area contributed by atoms with Crippen LogP contribution in [0.4, 0.5) is 11.5 Å². The van der Waals surface area contributed by atoms with Crippen molar-refractivity contribution in [2.75, 3.05) is 23.7 Å². The lowest BCUT2D eigenvalue weighted by molar-refractivity contribution is 0.437. The molecular formula is C15H17Br2N3. The number of benzene rings is 1. The summed E-state index contributed by atoms with van der Waals surface area (Å²) in [4.78, 5) is 7.02. The van der Waals surface area contributed by atoms with E-state index in [4.69, 9.17) is 5.73 Å². The van der Waals surface area contributed by atoms with Crippen molar-refractivity contribution in [1.29, 1.82) is 0 Å². The number of pyridine rings is 1. The number of nitrogens with two attached hydrogens (primary N) is 1. The average molecular weight is 399 g/mol. The van der Waals surface area contributed by atoms with E-state index in [1.165, 1.54) is 12.8 Å². The van der Waals surface area contributed by atoms with Crippen molar-refractivity contribution >= 4 is 54.1 Å². The summed E-state index contributed by atoms with van der Waals surface area (Å²) < 4.78 is 1.99. The van der Waals surface area contributed by atoms with Crippen LogP contribution in [0.2, 0.25) is 0 Å². The maximum absolute atomic E-state index is 6.15. The van der Waals surface area contributed by atoms with E-state index in [-0.39, 0.29) is 0 Å². The molecule has 0 unspecified atom stereocenters. The van der Waals surface area contributed by atoms with E-state index >= 15 is 0 Å². The zero-order chi connectivity index (χ0) is 14.3. The Morgan fingerprint density at radius 3 is 2.55 bits per heavy atom. The zero-order valence-electron chi connectivity index (χ0n) is 11.4. The second kappa shape index (κ2) is 5.53. The topological polar surface area (TPSA) is 42.2 Å². The Labute approximate surface area is 135 Å². The molecule has 0 atom stereocenters. The number of hydrogen-bond donors (Lipinski definition) is 1. The lowest BCUT2D eigenvalue weighted by Crippen LogP contribution is -2.33. The molecule has 106 valence electrons. The van der Waals surface area contributed by atoms with Gasteiger partial charge in [-0.25, -0.2) is 4.98 Å². The third kappa shape index (κ3) is 2.42. The van der Waals surface area contributed by atoms with Gasteiger partial charge in [0.2, 0.25) is 0 Å². The fourth-order valence-corrected chi connectivity index (χ4v) is 3.81. The monoisotopic (exact) mass is 397 g/mol. The Hall–Kier alpha value is -0.810. The lowest BCUT2D eigenvalue weighted by atomic mass is 9.99. The number of rotatable bonds is 1. The number of fused-ring (bicyclic) bond motifs is 1. The van der Waals surface area contributed by atoms with Crippen LogP contribution >= 0.6 is 31.9 Å². The summed E-state index contributed by atoms with van der Waals surface area (Å²) in [6.45, 7) is 4.44. The fraction of sp³-hybridized carbons (Fsp3) is 0.400. The average Bonchev–Trinajstić information content (AvgIpc) is 2.44. The maximum atomic E-state index is 6.15. The highest BCUT2D eigenvalue weighted by molar-refractivity contribution is 9.11. The summed E-state index contributed by atoms with van der Waals surface area (Å²) >= 11 is 7.22. The van der Waals surface area contributed by atoms with Crippen molar-refractivity contribution in [3.8, 4) is 0 Å². The molecule has 1 aliphatic heterocycles. The molecule has 3 nitrogen and oxygen atoms in total. The molecule has 2 aromatic rings. The van der Waals surface area contributed by atoms with Gasteiger partial charge < -0.3 is 10.6 Å². The minimum Gasteiger partial charge on any atom is -0.398 e. The van der Waals surface area contributed by atoms with Crippen molar-refractivity contribution in [2.45, 2.75) is 19.8 Å². The largest absolute Gasteiger partial charge is 0.398 e. The first-order valence-corrected chi connectivity index (χ1v) is 8.43. The van der Waals surface area contributed by atoms with Crippen LogP contribution in [0.15, 0.2) is 27.3 Å². The SMILES string of the molecule is CC1CCN(c2ncc(Br)c3c(N)ccc(Br)c23)CC1. The Kier molecular flexibility index (Phi) is 3.91. The molecule has 20 heavy (non-hydrogen) atoms. The van der Waals surface area contributed by atoms with E-state index in [2.05, 4.69) is 48.7 Å². The van der Waals surface area contributed by atoms with E-state index in [9.17, 15) is 0 Å². The maximum Gasteiger partial charge on any atom is 0.137 e. The van der Waals surface area contributed by atoms with E-state index in [0.29, 0.717) is 0 Å². The van der Waals surface area contributed by atoms with Gasteiger partial charge in [0.1, 0.15) is 5.82 Å². The molecule has 1 saturated heterocycles. The first-order valence-electron chi connectivity index (χ1n) is 6.85. The van der Waals surface area contributed by atoms with Crippen LogP contribution in [0.25, 0.3) is 10.8 Å². The van der Waals surface area contributed by atoms with Crippen LogP contribution in [0, 0.1) is 5.92 Å². The number of anilines is 2. The molecule has 1 aromatic carbocycles. The van der Waals surface area contributed by atoms with Gasteiger partial charge in [-0.05, 0) is 46.8 Å². The number of nitrogen functional groups attached to an aromatic ring is 1. The highest BCUT2D eigenvalue weighted by Gasteiger charge is 2.21. The van der Waals surface area contributed by atoms with E-state index in [0.717, 1.165) is 50.2 Å². The second-order valence-electron chi connectivity index (χ2n) is 5.49. The van der Waals surface area contributed by atoms with E-state index < -0.39 is 0 Å². The van der Waals surface area contributed by atoms with Crippen molar-refractivity contribution in [3.05, 3.63) is 27.3 Å². The van der Waals surface area contributed by atoms with Gasteiger partial charge in [-0.1, -0.05) is 22.9 Å². The number of aromatic nitrogens is 1. The van der Waals surface area contributed by atoms with E-state index in [1.54, 1.807) is 0 Å². The molecule has 0 amide bonds. The van der Waals surface area contributed by atoms with Crippen molar-refractivity contribution in [1.82, 2.24) is 4.98 Å². The fourth-order valence-electron chi connectivity index (χ4n) is 2.78. The number of halogens is 2. The van der Waals surface area contributed by atoms with Crippen LogP contribution < -0.4 is 10.6 Å². The number of nitrogens with zero attached hydrogens (tertiary/aromatic N) is 2. The summed E-state index contributed by atoms with van der Waals surface area (Å²) in [6.07, 6.45) is 4.30. The molecule has 0 bridgehead atoms. The van der Waals surface area contributed by atoms with Crippen LogP contribution in [0.1, 0.15) is 19.8 Å². The molecule has 3 rings (SSSR count). The Morgan fingerprint density at radius 1 is 1.15 bits per heavy atom. The molecule has 2 heterocycles. The quantitative estimate of drug-likeness (QED) is 0.715. The van der Waals surface area contributed by atoms with Crippen LogP contribution in [-0.2, 0) is 0 Å². The van der Waals surface area contributed by atoms with Gasteiger partial charge in [-0.3, -0.25) is 0 Å². The summed E-state index contributed by atoms with van der Waals surface area (Å²) in [5.74, 6) is 1.84. The molecule has 0 aliphatic carbocycles. The molecule has 0 saturated carbocycles.